The fraction of sp³-hybridized carbons (Fsp3) is 0.367. The summed E-state index contributed by atoms with van der Waals surface area (Å²) < 4.78 is 18.7. The number of hydrogen-bond acceptors (Lipinski definition) is 4. The second kappa shape index (κ2) is 11.1. The number of phenols is 1. The molecule has 0 unspecified atom stereocenters. The molecule has 5 nitrogen and oxygen atoms in total. The third kappa shape index (κ3) is 5.71. The summed E-state index contributed by atoms with van der Waals surface area (Å²) >= 11 is 0. The zero-order valence-electron chi connectivity index (χ0n) is 21.4. The lowest BCUT2D eigenvalue weighted by molar-refractivity contribution is 0.0668. The molecule has 1 aliphatic heterocycles. The molecule has 0 radical (unpaired) electrons. The van der Waals surface area contributed by atoms with Gasteiger partial charge in [0, 0.05) is 55.3 Å². The Labute approximate surface area is 213 Å². The van der Waals surface area contributed by atoms with Crippen molar-refractivity contribution < 1.29 is 19.0 Å². The standard InChI is InChI=1S/C30H35FN2O3/c1-20(2)33(30(35)22-9-12-25(31)13-10-22)18-24-17-32(16-23-11-14-26(36-4)15-29(23)34)19-28(24)27-8-6-5-7-21(27)3/h5-15,20,24,28,34H,16-19H2,1-4H3/t24-,28-/m1/s1. The number of carbonyl (C=O) groups is 1. The van der Waals surface area contributed by atoms with Crippen LogP contribution in [0.5, 0.6) is 11.5 Å². The van der Waals surface area contributed by atoms with E-state index in [1.807, 2.05) is 30.9 Å². The van der Waals surface area contributed by atoms with Crippen molar-refractivity contribution in [1.82, 2.24) is 9.80 Å². The molecular formula is C30H35FN2O3. The lowest BCUT2D eigenvalue weighted by Gasteiger charge is -2.32. The molecule has 3 aromatic rings. The minimum Gasteiger partial charge on any atom is -0.507 e. The number of hydrogen-bond donors (Lipinski definition) is 1. The third-order valence-corrected chi connectivity index (χ3v) is 7.20. The Hall–Kier alpha value is -3.38. The van der Waals surface area contributed by atoms with Crippen LogP contribution >= 0.6 is 0 Å². The van der Waals surface area contributed by atoms with E-state index in [4.69, 9.17) is 4.74 Å². The molecule has 1 N–H and O–H groups in total. The molecule has 6 heteroatoms. The minimum atomic E-state index is -0.351. The number of halogens is 1. The van der Waals surface area contributed by atoms with Crippen molar-refractivity contribution >= 4 is 5.91 Å². The van der Waals surface area contributed by atoms with Gasteiger partial charge in [0.05, 0.1) is 7.11 Å². The first-order chi connectivity index (χ1) is 17.3. The van der Waals surface area contributed by atoms with E-state index in [9.17, 15) is 14.3 Å². The van der Waals surface area contributed by atoms with E-state index in [1.165, 1.54) is 23.3 Å². The van der Waals surface area contributed by atoms with Gasteiger partial charge in [0.25, 0.3) is 5.91 Å². The Kier molecular flexibility index (Phi) is 7.94. The molecule has 0 saturated carbocycles. The Morgan fingerprint density at radius 3 is 2.47 bits per heavy atom. The zero-order valence-corrected chi connectivity index (χ0v) is 21.4. The van der Waals surface area contributed by atoms with Crippen LogP contribution in [0.4, 0.5) is 4.39 Å². The molecule has 0 bridgehead atoms. The molecule has 1 saturated heterocycles. The number of rotatable bonds is 8. The molecular weight excluding hydrogens is 455 g/mol. The maximum atomic E-state index is 13.5. The summed E-state index contributed by atoms with van der Waals surface area (Å²) in [5.41, 5.74) is 3.88. The number of benzene rings is 3. The highest BCUT2D eigenvalue weighted by Crippen LogP contribution is 2.37. The van der Waals surface area contributed by atoms with Crippen molar-refractivity contribution in [3.8, 4) is 11.5 Å². The van der Waals surface area contributed by atoms with Gasteiger partial charge in [-0.3, -0.25) is 9.69 Å². The van der Waals surface area contributed by atoms with Crippen LogP contribution in [0.25, 0.3) is 0 Å². The third-order valence-electron chi connectivity index (χ3n) is 7.20. The van der Waals surface area contributed by atoms with E-state index in [0.717, 1.165) is 18.7 Å². The van der Waals surface area contributed by atoms with Crippen LogP contribution in [-0.2, 0) is 6.54 Å². The van der Waals surface area contributed by atoms with E-state index in [-0.39, 0.29) is 35.4 Å². The van der Waals surface area contributed by atoms with E-state index in [0.29, 0.717) is 24.4 Å². The van der Waals surface area contributed by atoms with Crippen molar-refractivity contribution in [2.45, 2.75) is 39.3 Å². The van der Waals surface area contributed by atoms with E-state index in [1.54, 1.807) is 25.3 Å². The molecule has 2 atom stereocenters. The molecule has 3 aromatic carbocycles. The fourth-order valence-electron chi connectivity index (χ4n) is 5.21. The number of nitrogens with zero attached hydrogens (tertiary/aromatic N) is 2. The van der Waals surface area contributed by atoms with Gasteiger partial charge in [-0.25, -0.2) is 4.39 Å². The first kappa shape index (κ1) is 25.7. The van der Waals surface area contributed by atoms with E-state index < -0.39 is 0 Å². The van der Waals surface area contributed by atoms with Crippen LogP contribution in [0.15, 0.2) is 66.7 Å². The summed E-state index contributed by atoms with van der Waals surface area (Å²) in [6.45, 7) is 9.01. The maximum Gasteiger partial charge on any atom is 0.254 e. The van der Waals surface area contributed by atoms with Gasteiger partial charge in [-0.05, 0) is 68.1 Å². The molecule has 190 valence electrons. The summed E-state index contributed by atoms with van der Waals surface area (Å²) in [4.78, 5) is 17.7. The molecule has 0 aromatic heterocycles. The number of phenolic OH excluding ortho intramolecular Hbond substituents is 1. The summed E-state index contributed by atoms with van der Waals surface area (Å²) in [7, 11) is 1.58. The molecule has 1 amide bonds. The van der Waals surface area contributed by atoms with E-state index >= 15 is 0 Å². The van der Waals surface area contributed by atoms with Gasteiger partial charge in [0.15, 0.2) is 0 Å². The highest BCUT2D eigenvalue weighted by molar-refractivity contribution is 5.94. The lowest BCUT2D eigenvalue weighted by atomic mass is 9.86. The second-order valence-electron chi connectivity index (χ2n) is 9.97. The SMILES string of the molecule is COc1ccc(CN2C[C@H](CN(C(=O)c3ccc(F)cc3)C(C)C)[C@H](c3ccccc3C)C2)c(O)c1. The summed E-state index contributed by atoms with van der Waals surface area (Å²) in [6, 6.07) is 19.6. The summed E-state index contributed by atoms with van der Waals surface area (Å²) in [6.07, 6.45) is 0. The van der Waals surface area contributed by atoms with Crippen LogP contribution in [-0.4, -0.2) is 53.6 Å². The zero-order chi connectivity index (χ0) is 25.8. The van der Waals surface area contributed by atoms with Gasteiger partial charge in [-0.15, -0.1) is 0 Å². The Morgan fingerprint density at radius 1 is 1.11 bits per heavy atom. The van der Waals surface area contributed by atoms with Crippen molar-refractivity contribution in [1.29, 1.82) is 0 Å². The molecule has 1 fully saturated rings. The minimum absolute atomic E-state index is 0.000226. The number of ether oxygens (including phenoxy) is 1. The number of aryl methyl sites for hydroxylation is 1. The van der Waals surface area contributed by atoms with Crippen molar-refractivity contribution in [2.75, 3.05) is 26.7 Å². The highest BCUT2D eigenvalue weighted by Gasteiger charge is 2.37. The van der Waals surface area contributed by atoms with Crippen LogP contribution in [0, 0.1) is 18.7 Å². The topological polar surface area (TPSA) is 53.0 Å². The highest BCUT2D eigenvalue weighted by atomic mass is 19.1. The molecule has 1 aliphatic rings. The van der Waals surface area contributed by atoms with Gasteiger partial charge in [-0.1, -0.05) is 30.3 Å². The Balaban J connectivity index is 1.59. The Morgan fingerprint density at radius 2 is 1.83 bits per heavy atom. The van der Waals surface area contributed by atoms with Crippen LogP contribution in [0.1, 0.15) is 46.8 Å². The largest absolute Gasteiger partial charge is 0.507 e. The average Bonchev–Trinajstić information content (AvgIpc) is 3.26. The number of amides is 1. The number of carbonyl (C=O) groups excluding carboxylic acids is 1. The normalized spacial score (nSPS) is 17.9. The second-order valence-corrected chi connectivity index (χ2v) is 9.97. The van der Waals surface area contributed by atoms with E-state index in [2.05, 4.69) is 36.1 Å². The van der Waals surface area contributed by atoms with Crippen molar-refractivity contribution in [2.24, 2.45) is 5.92 Å². The first-order valence-electron chi connectivity index (χ1n) is 12.5. The molecule has 0 spiro atoms. The number of aromatic hydroxyl groups is 1. The predicted octanol–water partition coefficient (Wildman–Crippen LogP) is 5.61. The average molecular weight is 491 g/mol. The van der Waals surface area contributed by atoms with Gasteiger partial charge in [0.2, 0.25) is 0 Å². The number of methoxy groups -OCH3 is 1. The molecule has 36 heavy (non-hydrogen) atoms. The van der Waals surface area contributed by atoms with Crippen molar-refractivity contribution in [3.05, 3.63) is 94.8 Å². The molecule has 1 heterocycles. The monoisotopic (exact) mass is 490 g/mol. The van der Waals surface area contributed by atoms with Gasteiger partial charge in [0.1, 0.15) is 17.3 Å². The van der Waals surface area contributed by atoms with Crippen LogP contribution in [0.3, 0.4) is 0 Å². The van der Waals surface area contributed by atoms with Crippen LogP contribution in [0.2, 0.25) is 0 Å². The van der Waals surface area contributed by atoms with Crippen LogP contribution < -0.4 is 4.74 Å². The molecule has 4 rings (SSSR count). The number of likely N-dealkylation sites (tertiary alicyclic amines) is 1. The first-order valence-corrected chi connectivity index (χ1v) is 12.5. The maximum absolute atomic E-state index is 13.5. The summed E-state index contributed by atoms with van der Waals surface area (Å²) in [5.74, 6) is 0.864. The summed E-state index contributed by atoms with van der Waals surface area (Å²) in [5, 5.41) is 10.5. The Bertz CT molecular complexity index is 1200. The lowest BCUT2D eigenvalue weighted by Crippen LogP contribution is -2.42. The van der Waals surface area contributed by atoms with Gasteiger partial charge >= 0.3 is 0 Å². The predicted molar refractivity (Wildman–Crippen MR) is 140 cm³/mol. The van der Waals surface area contributed by atoms with Gasteiger partial charge < -0.3 is 14.7 Å². The van der Waals surface area contributed by atoms with Crippen molar-refractivity contribution in [3.63, 3.8) is 0 Å². The quantitative estimate of drug-likeness (QED) is 0.446. The smallest absolute Gasteiger partial charge is 0.254 e. The molecule has 0 aliphatic carbocycles. The fourth-order valence-corrected chi connectivity index (χ4v) is 5.21. The van der Waals surface area contributed by atoms with Gasteiger partial charge in [-0.2, -0.15) is 0 Å².